The molecule has 1 aromatic carbocycles. The Kier molecular flexibility index (Phi) is 4.73. The second-order valence-electron chi connectivity index (χ2n) is 5.30. The largest absolute Gasteiger partial charge is 0.506 e. The molecule has 1 saturated heterocycles. The summed E-state index contributed by atoms with van der Waals surface area (Å²) in [6.07, 6.45) is 0. The van der Waals surface area contributed by atoms with Crippen molar-refractivity contribution in [2.75, 3.05) is 38.1 Å². The number of hydrogen-bond acceptors (Lipinski definition) is 5. The minimum Gasteiger partial charge on any atom is -0.506 e. The lowest BCUT2D eigenvalue weighted by atomic mass is 10.1. The smallest absolute Gasteiger partial charge is 0.354 e. The van der Waals surface area contributed by atoms with Crippen molar-refractivity contribution in [1.29, 1.82) is 0 Å². The number of hydrogen-bond donors (Lipinski definition) is 2. The van der Waals surface area contributed by atoms with E-state index < -0.39 is 5.97 Å². The molecule has 118 valence electrons. The number of para-hydroxylation sites is 1. The maximum absolute atomic E-state index is 11.3. The van der Waals surface area contributed by atoms with Gasteiger partial charge in [0.15, 0.2) is 5.69 Å². The van der Waals surface area contributed by atoms with E-state index in [1.165, 1.54) is 6.07 Å². The number of nitrogens with zero attached hydrogens (tertiary/aromatic N) is 3. The maximum atomic E-state index is 11.3. The van der Waals surface area contributed by atoms with E-state index in [4.69, 9.17) is 0 Å². The zero-order valence-corrected chi connectivity index (χ0v) is 13.0. The van der Waals surface area contributed by atoms with Gasteiger partial charge >= 0.3 is 5.97 Å². The van der Waals surface area contributed by atoms with Crippen LogP contribution in [0.2, 0.25) is 0 Å². The number of anilines is 1. The number of pyridine rings is 1. The monoisotopic (exact) mass is 323 g/mol. The molecule has 0 aliphatic carbocycles. The molecule has 7 heteroatoms. The lowest BCUT2D eigenvalue weighted by Crippen LogP contribution is -2.44. The van der Waals surface area contributed by atoms with Crippen LogP contribution in [0.4, 0.5) is 5.69 Å². The zero-order chi connectivity index (χ0) is 15.0. The molecule has 1 aliphatic rings. The van der Waals surface area contributed by atoms with Gasteiger partial charge in [-0.25, -0.2) is 9.78 Å². The zero-order valence-electron chi connectivity index (χ0n) is 12.2. The summed E-state index contributed by atoms with van der Waals surface area (Å²) in [5, 5.41) is 20.0. The van der Waals surface area contributed by atoms with Crippen molar-refractivity contribution in [2.24, 2.45) is 0 Å². The molecule has 0 bridgehead atoms. The fourth-order valence-corrected chi connectivity index (χ4v) is 2.63. The van der Waals surface area contributed by atoms with Crippen LogP contribution in [0.25, 0.3) is 10.9 Å². The van der Waals surface area contributed by atoms with Crippen LogP contribution in [0, 0.1) is 0 Å². The van der Waals surface area contributed by atoms with Crippen LogP contribution in [0.15, 0.2) is 24.3 Å². The van der Waals surface area contributed by atoms with Gasteiger partial charge in [-0.1, -0.05) is 12.1 Å². The van der Waals surface area contributed by atoms with Gasteiger partial charge in [-0.2, -0.15) is 0 Å². The molecule has 22 heavy (non-hydrogen) atoms. The number of carboxylic acids is 1. The Morgan fingerprint density at radius 2 is 1.91 bits per heavy atom. The summed E-state index contributed by atoms with van der Waals surface area (Å²) >= 11 is 0. The number of rotatable bonds is 2. The summed E-state index contributed by atoms with van der Waals surface area (Å²) in [5.74, 6) is -1.08. The van der Waals surface area contributed by atoms with Gasteiger partial charge in [-0.15, -0.1) is 12.4 Å². The van der Waals surface area contributed by atoms with E-state index in [-0.39, 0.29) is 23.9 Å². The number of piperazine rings is 1. The van der Waals surface area contributed by atoms with Gasteiger partial charge in [0.05, 0.1) is 0 Å². The first-order valence-corrected chi connectivity index (χ1v) is 6.86. The predicted molar refractivity (Wildman–Crippen MR) is 87.3 cm³/mol. The lowest BCUT2D eigenvalue weighted by molar-refractivity contribution is 0.0691. The number of aromatic hydroxyl groups is 1. The van der Waals surface area contributed by atoms with E-state index in [0.29, 0.717) is 5.52 Å². The highest BCUT2D eigenvalue weighted by Gasteiger charge is 2.20. The molecule has 0 radical (unpaired) electrons. The average Bonchev–Trinajstić information content (AvgIpc) is 2.47. The van der Waals surface area contributed by atoms with Crippen LogP contribution in [0.1, 0.15) is 10.5 Å². The molecule has 0 saturated carbocycles. The van der Waals surface area contributed by atoms with Crippen LogP contribution < -0.4 is 4.90 Å². The Balaban J connectivity index is 0.00000176. The van der Waals surface area contributed by atoms with Crippen molar-refractivity contribution in [1.82, 2.24) is 9.88 Å². The van der Waals surface area contributed by atoms with Crippen molar-refractivity contribution in [3.63, 3.8) is 0 Å². The van der Waals surface area contributed by atoms with Gasteiger partial charge in [0, 0.05) is 37.3 Å². The van der Waals surface area contributed by atoms with Gasteiger partial charge in [-0.3, -0.25) is 0 Å². The Bertz CT molecular complexity index is 700. The van der Waals surface area contributed by atoms with Crippen molar-refractivity contribution < 1.29 is 15.0 Å². The Hall–Kier alpha value is -2.05. The molecule has 2 N–H and O–H groups in total. The highest BCUT2D eigenvalue weighted by Crippen LogP contribution is 2.32. The summed E-state index contributed by atoms with van der Waals surface area (Å²) in [6.45, 7) is 3.49. The van der Waals surface area contributed by atoms with Gasteiger partial charge in [0.25, 0.3) is 0 Å². The highest BCUT2D eigenvalue weighted by molar-refractivity contribution is 5.99. The molecular formula is C15H18ClN3O3. The molecule has 1 aromatic heterocycles. The number of aromatic carboxylic acids is 1. The first-order chi connectivity index (χ1) is 10.1. The number of carbonyl (C=O) groups is 1. The maximum Gasteiger partial charge on any atom is 0.354 e. The minimum absolute atomic E-state index is 0. The molecule has 0 spiro atoms. The summed E-state index contributed by atoms with van der Waals surface area (Å²) in [7, 11) is 2.07. The second-order valence-corrected chi connectivity index (χ2v) is 5.30. The van der Waals surface area contributed by atoms with Crippen LogP contribution in [-0.2, 0) is 0 Å². The van der Waals surface area contributed by atoms with E-state index in [1.807, 2.05) is 6.07 Å². The Morgan fingerprint density at radius 1 is 1.23 bits per heavy atom. The molecule has 1 aliphatic heterocycles. The molecule has 0 amide bonds. The van der Waals surface area contributed by atoms with E-state index in [0.717, 1.165) is 37.3 Å². The van der Waals surface area contributed by atoms with Crippen molar-refractivity contribution in [3.8, 4) is 5.75 Å². The van der Waals surface area contributed by atoms with Gasteiger partial charge in [0.1, 0.15) is 11.3 Å². The number of aromatic nitrogens is 1. The fraction of sp³-hybridized carbons (Fsp3) is 0.333. The average molecular weight is 324 g/mol. The van der Waals surface area contributed by atoms with Crippen molar-refractivity contribution in [2.45, 2.75) is 0 Å². The predicted octanol–water partition coefficient (Wildman–Crippen LogP) is 1.81. The van der Waals surface area contributed by atoms with Crippen LogP contribution >= 0.6 is 12.4 Å². The van der Waals surface area contributed by atoms with E-state index in [1.54, 1.807) is 12.1 Å². The van der Waals surface area contributed by atoms with Crippen molar-refractivity contribution in [3.05, 3.63) is 30.0 Å². The van der Waals surface area contributed by atoms with Gasteiger partial charge in [0.2, 0.25) is 0 Å². The number of benzene rings is 1. The topological polar surface area (TPSA) is 76.9 Å². The molecule has 1 fully saturated rings. The van der Waals surface area contributed by atoms with Crippen LogP contribution in [0.5, 0.6) is 5.75 Å². The number of phenols is 1. The molecule has 2 heterocycles. The number of halogens is 1. The number of fused-ring (bicyclic) bond motifs is 1. The van der Waals surface area contributed by atoms with Gasteiger partial charge < -0.3 is 20.0 Å². The van der Waals surface area contributed by atoms with Gasteiger partial charge in [-0.05, 0) is 19.2 Å². The Labute approximate surface area is 134 Å². The molecule has 0 atom stereocenters. The summed E-state index contributed by atoms with van der Waals surface area (Å²) in [4.78, 5) is 19.7. The second kappa shape index (κ2) is 6.37. The highest BCUT2D eigenvalue weighted by atomic mass is 35.5. The summed E-state index contributed by atoms with van der Waals surface area (Å²) in [6, 6.07) is 6.73. The number of carboxylic acid groups (broad SMARTS) is 1. The molecule has 2 aromatic rings. The van der Waals surface area contributed by atoms with Crippen LogP contribution in [-0.4, -0.2) is 59.3 Å². The van der Waals surface area contributed by atoms with E-state index >= 15 is 0 Å². The molecule has 0 unspecified atom stereocenters. The quantitative estimate of drug-likeness (QED) is 0.878. The third-order valence-corrected chi connectivity index (χ3v) is 3.86. The first kappa shape index (κ1) is 16.3. The first-order valence-electron chi connectivity index (χ1n) is 6.86. The van der Waals surface area contributed by atoms with E-state index in [2.05, 4.69) is 21.8 Å². The molecule has 3 rings (SSSR count). The minimum atomic E-state index is -1.09. The number of phenolic OH excluding ortho intramolecular Hbond substituents is 1. The molecule has 6 nitrogen and oxygen atoms in total. The normalized spacial score (nSPS) is 15.6. The fourth-order valence-electron chi connectivity index (χ4n) is 2.63. The van der Waals surface area contributed by atoms with E-state index in [9.17, 15) is 15.0 Å². The standard InChI is InChI=1S/C15H17N3O3.ClH/c1-17-5-7-18(8-6-17)12-9-11(15(20)21)16-14-10(12)3-2-4-13(14)19;/h2-4,9,19H,5-8H2,1H3,(H,20,21);1H. The number of likely N-dealkylation sites (N-methyl/N-ethyl adjacent to an activating group) is 1. The summed E-state index contributed by atoms with van der Waals surface area (Å²) in [5.41, 5.74) is 1.12. The Morgan fingerprint density at radius 3 is 2.55 bits per heavy atom. The van der Waals surface area contributed by atoms with Crippen molar-refractivity contribution >= 4 is 35.0 Å². The SMILES string of the molecule is CN1CCN(c2cc(C(=O)O)nc3c(O)cccc23)CC1.Cl. The summed E-state index contributed by atoms with van der Waals surface area (Å²) < 4.78 is 0. The van der Waals surface area contributed by atoms with Crippen LogP contribution in [0.3, 0.4) is 0 Å². The molecular weight excluding hydrogens is 306 g/mol. The third-order valence-electron chi connectivity index (χ3n) is 3.86. The lowest BCUT2D eigenvalue weighted by Gasteiger charge is -2.34. The third kappa shape index (κ3) is 2.93.